The number of halogens is 2. The third-order valence-corrected chi connectivity index (χ3v) is 3.15. The molecule has 2 heterocycles. The molecule has 1 N–H and O–H groups in total. The fourth-order valence-corrected chi connectivity index (χ4v) is 2.22. The molecule has 1 atom stereocenters. The van der Waals surface area contributed by atoms with E-state index >= 15 is 0 Å². The van der Waals surface area contributed by atoms with Gasteiger partial charge in [-0.25, -0.2) is 8.78 Å². The van der Waals surface area contributed by atoms with Crippen LogP contribution in [-0.4, -0.2) is 21.3 Å². The molecule has 1 aliphatic rings. The van der Waals surface area contributed by atoms with E-state index in [1.165, 1.54) is 12.1 Å². The van der Waals surface area contributed by atoms with Crippen LogP contribution < -0.4 is 5.32 Å². The SMILES string of the molecule is CC1NCCn2c(-c3cccc(F)c3F)nnc21. The summed E-state index contributed by atoms with van der Waals surface area (Å²) in [7, 11) is 0. The summed E-state index contributed by atoms with van der Waals surface area (Å²) >= 11 is 0. The molecule has 1 aromatic carbocycles. The van der Waals surface area contributed by atoms with E-state index in [1.807, 2.05) is 11.5 Å². The number of aromatic nitrogens is 3. The molecule has 18 heavy (non-hydrogen) atoms. The van der Waals surface area contributed by atoms with Gasteiger partial charge in [0.25, 0.3) is 0 Å². The van der Waals surface area contributed by atoms with Crippen molar-refractivity contribution in [3.8, 4) is 11.4 Å². The van der Waals surface area contributed by atoms with Crippen LogP contribution in [0.1, 0.15) is 18.8 Å². The van der Waals surface area contributed by atoms with Crippen LogP contribution in [0, 0.1) is 11.6 Å². The third-order valence-electron chi connectivity index (χ3n) is 3.15. The van der Waals surface area contributed by atoms with Crippen molar-refractivity contribution in [1.29, 1.82) is 0 Å². The lowest BCUT2D eigenvalue weighted by Crippen LogP contribution is -2.32. The minimum Gasteiger partial charge on any atom is -0.308 e. The van der Waals surface area contributed by atoms with Gasteiger partial charge in [0.2, 0.25) is 0 Å². The van der Waals surface area contributed by atoms with E-state index in [0.29, 0.717) is 12.4 Å². The minimum absolute atomic E-state index is 0.0663. The van der Waals surface area contributed by atoms with Crippen molar-refractivity contribution < 1.29 is 8.78 Å². The van der Waals surface area contributed by atoms with Gasteiger partial charge in [-0.1, -0.05) is 6.07 Å². The number of nitrogens with zero attached hydrogens (tertiary/aromatic N) is 3. The zero-order chi connectivity index (χ0) is 12.7. The molecule has 0 spiro atoms. The maximum absolute atomic E-state index is 13.8. The van der Waals surface area contributed by atoms with Crippen LogP contribution in [-0.2, 0) is 6.54 Å². The summed E-state index contributed by atoms with van der Waals surface area (Å²) in [6.45, 7) is 3.37. The first-order valence-electron chi connectivity index (χ1n) is 5.79. The van der Waals surface area contributed by atoms with Crippen molar-refractivity contribution in [1.82, 2.24) is 20.1 Å². The summed E-state index contributed by atoms with van der Waals surface area (Å²) in [5.41, 5.74) is 0.155. The third kappa shape index (κ3) is 1.60. The Hall–Kier alpha value is -1.82. The van der Waals surface area contributed by atoms with Gasteiger partial charge < -0.3 is 9.88 Å². The van der Waals surface area contributed by atoms with Crippen LogP contribution in [0.15, 0.2) is 18.2 Å². The van der Waals surface area contributed by atoms with E-state index in [0.717, 1.165) is 18.4 Å². The normalized spacial score (nSPS) is 18.7. The number of rotatable bonds is 1. The van der Waals surface area contributed by atoms with E-state index in [9.17, 15) is 8.78 Å². The van der Waals surface area contributed by atoms with Gasteiger partial charge in [0.15, 0.2) is 17.5 Å². The second-order valence-electron chi connectivity index (χ2n) is 4.31. The summed E-state index contributed by atoms with van der Waals surface area (Å²) in [5, 5.41) is 11.3. The molecule has 94 valence electrons. The quantitative estimate of drug-likeness (QED) is 0.840. The number of hydrogen-bond acceptors (Lipinski definition) is 3. The lowest BCUT2D eigenvalue weighted by atomic mass is 10.1. The first kappa shape index (κ1) is 11.3. The van der Waals surface area contributed by atoms with Crippen molar-refractivity contribution in [2.24, 2.45) is 0 Å². The number of fused-ring (bicyclic) bond motifs is 1. The van der Waals surface area contributed by atoms with Crippen LogP contribution in [0.25, 0.3) is 11.4 Å². The van der Waals surface area contributed by atoms with Crippen molar-refractivity contribution >= 4 is 0 Å². The molecular weight excluding hydrogens is 238 g/mol. The molecule has 0 saturated heterocycles. The summed E-state index contributed by atoms with van der Waals surface area (Å²) in [6, 6.07) is 4.15. The van der Waals surface area contributed by atoms with E-state index in [1.54, 1.807) is 0 Å². The average molecular weight is 250 g/mol. The summed E-state index contributed by atoms with van der Waals surface area (Å²) < 4.78 is 28.8. The van der Waals surface area contributed by atoms with Crippen molar-refractivity contribution in [3.63, 3.8) is 0 Å². The molecule has 1 aromatic heterocycles. The standard InChI is InChI=1S/C12H12F2N4/c1-7-11-16-17-12(18(11)6-5-15-7)8-3-2-4-9(13)10(8)14/h2-4,7,15H,5-6H2,1H3. The second kappa shape index (κ2) is 4.13. The zero-order valence-electron chi connectivity index (χ0n) is 9.82. The highest BCUT2D eigenvalue weighted by Crippen LogP contribution is 2.26. The molecule has 0 radical (unpaired) electrons. The number of benzene rings is 1. The van der Waals surface area contributed by atoms with Crippen LogP contribution in [0.2, 0.25) is 0 Å². The Morgan fingerprint density at radius 1 is 1.33 bits per heavy atom. The van der Waals surface area contributed by atoms with Gasteiger partial charge in [-0.2, -0.15) is 0 Å². The van der Waals surface area contributed by atoms with E-state index in [4.69, 9.17) is 0 Å². The smallest absolute Gasteiger partial charge is 0.169 e. The maximum Gasteiger partial charge on any atom is 0.169 e. The van der Waals surface area contributed by atoms with Crippen molar-refractivity contribution in [3.05, 3.63) is 35.7 Å². The molecule has 0 fully saturated rings. The van der Waals surface area contributed by atoms with Crippen molar-refractivity contribution in [2.75, 3.05) is 6.54 Å². The molecule has 4 nitrogen and oxygen atoms in total. The predicted octanol–water partition coefficient (Wildman–Crippen LogP) is 1.89. The molecule has 6 heteroatoms. The average Bonchev–Trinajstić information content (AvgIpc) is 2.78. The summed E-state index contributed by atoms with van der Waals surface area (Å²) in [5.74, 6) is -0.610. The monoisotopic (exact) mass is 250 g/mol. The van der Waals surface area contributed by atoms with Crippen LogP contribution in [0.3, 0.4) is 0 Å². The van der Waals surface area contributed by atoms with Crippen LogP contribution in [0.5, 0.6) is 0 Å². The molecule has 0 bridgehead atoms. The van der Waals surface area contributed by atoms with E-state index in [-0.39, 0.29) is 11.6 Å². The van der Waals surface area contributed by atoms with Gasteiger partial charge >= 0.3 is 0 Å². The molecule has 0 saturated carbocycles. The zero-order valence-corrected chi connectivity index (χ0v) is 9.82. The Kier molecular flexibility index (Phi) is 2.59. The molecular formula is C12H12F2N4. The van der Waals surface area contributed by atoms with Crippen molar-refractivity contribution in [2.45, 2.75) is 19.5 Å². The highest BCUT2D eigenvalue weighted by Gasteiger charge is 2.24. The molecule has 0 aliphatic carbocycles. The highest BCUT2D eigenvalue weighted by molar-refractivity contribution is 5.56. The fourth-order valence-electron chi connectivity index (χ4n) is 2.22. The summed E-state index contributed by atoms with van der Waals surface area (Å²) in [4.78, 5) is 0. The Morgan fingerprint density at radius 2 is 2.17 bits per heavy atom. The lowest BCUT2D eigenvalue weighted by Gasteiger charge is -2.22. The Balaban J connectivity index is 2.16. The van der Waals surface area contributed by atoms with Crippen LogP contribution in [0.4, 0.5) is 8.78 Å². The summed E-state index contributed by atoms with van der Waals surface area (Å²) in [6.07, 6.45) is 0. The number of nitrogens with one attached hydrogen (secondary N) is 1. The lowest BCUT2D eigenvalue weighted by molar-refractivity contribution is 0.438. The molecule has 1 unspecified atom stereocenters. The first-order chi connectivity index (χ1) is 8.68. The molecule has 1 aliphatic heterocycles. The number of hydrogen-bond donors (Lipinski definition) is 1. The maximum atomic E-state index is 13.8. The molecule has 2 aromatic rings. The van der Waals surface area contributed by atoms with Gasteiger partial charge in [-0.3, -0.25) is 0 Å². The predicted molar refractivity (Wildman–Crippen MR) is 61.8 cm³/mol. The Morgan fingerprint density at radius 3 is 3.00 bits per heavy atom. The topological polar surface area (TPSA) is 42.7 Å². The highest BCUT2D eigenvalue weighted by atomic mass is 19.2. The van der Waals surface area contributed by atoms with Gasteiger partial charge in [-0.15, -0.1) is 10.2 Å². The second-order valence-corrected chi connectivity index (χ2v) is 4.31. The van der Waals surface area contributed by atoms with E-state index < -0.39 is 11.6 Å². The van der Waals surface area contributed by atoms with Gasteiger partial charge in [0.1, 0.15) is 5.82 Å². The van der Waals surface area contributed by atoms with Gasteiger partial charge in [0.05, 0.1) is 11.6 Å². The molecule has 3 rings (SSSR count). The Bertz CT molecular complexity index is 594. The Labute approximate surface area is 103 Å². The molecule has 0 amide bonds. The van der Waals surface area contributed by atoms with Gasteiger partial charge in [-0.05, 0) is 19.1 Å². The van der Waals surface area contributed by atoms with Gasteiger partial charge in [0, 0.05) is 13.1 Å². The van der Waals surface area contributed by atoms with Crippen LogP contribution >= 0.6 is 0 Å². The minimum atomic E-state index is -0.876. The van der Waals surface area contributed by atoms with E-state index in [2.05, 4.69) is 15.5 Å². The first-order valence-corrected chi connectivity index (χ1v) is 5.79. The largest absolute Gasteiger partial charge is 0.308 e. The fraction of sp³-hybridized carbons (Fsp3) is 0.333.